The SMILES string of the molecule is Cl.O=S(=O)(NCCCCN1CCc2ccccc2C1)c1ccccc1Cl. The molecule has 0 fully saturated rings. The van der Waals surface area contributed by atoms with E-state index in [0.717, 1.165) is 38.9 Å². The summed E-state index contributed by atoms with van der Waals surface area (Å²) in [4.78, 5) is 2.58. The highest BCUT2D eigenvalue weighted by Gasteiger charge is 2.17. The Balaban J connectivity index is 0.00000243. The minimum absolute atomic E-state index is 0. The summed E-state index contributed by atoms with van der Waals surface area (Å²) in [5.41, 5.74) is 2.86. The number of hydrogen-bond acceptors (Lipinski definition) is 3. The third-order valence-electron chi connectivity index (χ3n) is 4.53. The molecule has 0 saturated carbocycles. The van der Waals surface area contributed by atoms with Gasteiger partial charge in [0.2, 0.25) is 10.0 Å². The first-order valence-electron chi connectivity index (χ1n) is 8.59. The highest BCUT2D eigenvalue weighted by molar-refractivity contribution is 7.89. The fraction of sp³-hybridized carbons (Fsp3) is 0.368. The zero-order valence-electron chi connectivity index (χ0n) is 14.5. The minimum atomic E-state index is -3.53. The van der Waals surface area contributed by atoms with Crippen molar-refractivity contribution in [3.05, 3.63) is 64.7 Å². The van der Waals surface area contributed by atoms with E-state index in [-0.39, 0.29) is 22.3 Å². The van der Waals surface area contributed by atoms with E-state index in [1.54, 1.807) is 18.2 Å². The average molecular weight is 415 g/mol. The summed E-state index contributed by atoms with van der Waals surface area (Å²) in [6.45, 7) is 3.48. The monoisotopic (exact) mass is 414 g/mol. The Kier molecular flexibility index (Phi) is 7.92. The van der Waals surface area contributed by atoms with Gasteiger partial charge in [0, 0.05) is 19.6 Å². The van der Waals surface area contributed by atoms with Crippen LogP contribution in [-0.4, -0.2) is 33.0 Å². The van der Waals surface area contributed by atoms with E-state index < -0.39 is 10.0 Å². The van der Waals surface area contributed by atoms with Gasteiger partial charge in [-0.1, -0.05) is 48.0 Å². The summed E-state index contributed by atoms with van der Waals surface area (Å²) < 4.78 is 27.1. The number of unbranched alkanes of at least 4 members (excludes halogenated alkanes) is 1. The minimum Gasteiger partial charge on any atom is -0.299 e. The second kappa shape index (κ2) is 9.72. The van der Waals surface area contributed by atoms with Crippen LogP contribution in [0.2, 0.25) is 5.02 Å². The van der Waals surface area contributed by atoms with Crippen LogP contribution in [0.5, 0.6) is 0 Å². The first-order chi connectivity index (χ1) is 12.1. The van der Waals surface area contributed by atoms with E-state index in [1.807, 2.05) is 0 Å². The number of nitrogens with one attached hydrogen (secondary N) is 1. The molecule has 2 aromatic rings. The van der Waals surface area contributed by atoms with Crippen molar-refractivity contribution >= 4 is 34.0 Å². The molecule has 0 radical (unpaired) electrons. The largest absolute Gasteiger partial charge is 0.299 e. The Morgan fingerprint density at radius 1 is 1.00 bits per heavy atom. The van der Waals surface area contributed by atoms with Crippen molar-refractivity contribution < 1.29 is 8.42 Å². The van der Waals surface area contributed by atoms with Crippen LogP contribution in [0.4, 0.5) is 0 Å². The molecule has 3 rings (SSSR count). The lowest BCUT2D eigenvalue weighted by atomic mass is 10.00. The van der Waals surface area contributed by atoms with Crippen molar-refractivity contribution in [2.75, 3.05) is 19.6 Å². The predicted octanol–water partition coefficient (Wildman–Crippen LogP) is 3.88. The summed E-state index contributed by atoms with van der Waals surface area (Å²) in [5, 5.41) is 0.252. The summed E-state index contributed by atoms with van der Waals surface area (Å²) in [7, 11) is -3.53. The molecule has 1 N–H and O–H groups in total. The third kappa shape index (κ3) is 5.44. The van der Waals surface area contributed by atoms with Gasteiger partial charge < -0.3 is 0 Å². The van der Waals surface area contributed by atoms with E-state index in [4.69, 9.17) is 11.6 Å². The van der Waals surface area contributed by atoms with Crippen molar-refractivity contribution in [2.45, 2.75) is 30.7 Å². The van der Waals surface area contributed by atoms with Crippen molar-refractivity contribution in [2.24, 2.45) is 0 Å². The van der Waals surface area contributed by atoms with E-state index in [9.17, 15) is 8.42 Å². The van der Waals surface area contributed by atoms with Crippen molar-refractivity contribution in [1.29, 1.82) is 0 Å². The van der Waals surface area contributed by atoms with E-state index in [1.165, 1.54) is 17.2 Å². The van der Waals surface area contributed by atoms with Crippen LogP contribution in [0.1, 0.15) is 24.0 Å². The van der Waals surface area contributed by atoms with E-state index >= 15 is 0 Å². The molecule has 1 aliphatic heterocycles. The molecule has 0 saturated heterocycles. The number of fused-ring (bicyclic) bond motifs is 1. The van der Waals surface area contributed by atoms with E-state index in [2.05, 4.69) is 33.9 Å². The van der Waals surface area contributed by atoms with Crippen LogP contribution in [0.25, 0.3) is 0 Å². The Labute approximate surface area is 167 Å². The second-order valence-electron chi connectivity index (χ2n) is 6.33. The third-order valence-corrected chi connectivity index (χ3v) is 6.49. The molecule has 0 atom stereocenters. The van der Waals surface area contributed by atoms with Gasteiger partial charge in [-0.25, -0.2) is 13.1 Å². The van der Waals surface area contributed by atoms with Crippen LogP contribution in [0, 0.1) is 0 Å². The topological polar surface area (TPSA) is 49.4 Å². The maximum Gasteiger partial charge on any atom is 0.242 e. The molecule has 1 aliphatic rings. The Morgan fingerprint density at radius 3 is 2.46 bits per heavy atom. The average Bonchev–Trinajstić information content (AvgIpc) is 2.61. The van der Waals surface area contributed by atoms with Crippen LogP contribution in [0.3, 0.4) is 0 Å². The second-order valence-corrected chi connectivity index (χ2v) is 8.47. The van der Waals surface area contributed by atoms with Crippen LogP contribution < -0.4 is 4.72 Å². The molecule has 0 bridgehead atoms. The lowest BCUT2D eigenvalue weighted by Gasteiger charge is -2.28. The zero-order valence-corrected chi connectivity index (χ0v) is 16.9. The van der Waals surface area contributed by atoms with Crippen LogP contribution in [0.15, 0.2) is 53.4 Å². The Hall–Kier alpha value is -1.11. The highest BCUT2D eigenvalue weighted by Crippen LogP contribution is 2.20. The molecular formula is C19H24Cl2N2O2S. The molecule has 0 aliphatic carbocycles. The molecule has 2 aromatic carbocycles. The fourth-order valence-corrected chi connectivity index (χ4v) is 4.74. The van der Waals surface area contributed by atoms with Crippen LogP contribution in [-0.2, 0) is 23.0 Å². The van der Waals surface area contributed by atoms with E-state index in [0.29, 0.717) is 6.54 Å². The highest BCUT2D eigenvalue weighted by atomic mass is 35.5. The van der Waals surface area contributed by atoms with Crippen molar-refractivity contribution in [1.82, 2.24) is 9.62 Å². The molecule has 0 amide bonds. The van der Waals surface area contributed by atoms with Gasteiger partial charge in [0.15, 0.2) is 0 Å². The molecule has 0 spiro atoms. The molecule has 0 unspecified atom stereocenters. The molecule has 1 heterocycles. The first kappa shape index (κ1) is 21.2. The van der Waals surface area contributed by atoms with Crippen LogP contribution >= 0.6 is 24.0 Å². The van der Waals surface area contributed by atoms with Crippen molar-refractivity contribution in [3.63, 3.8) is 0 Å². The number of halogens is 2. The van der Waals surface area contributed by atoms with Gasteiger partial charge in [0.25, 0.3) is 0 Å². The lowest BCUT2D eigenvalue weighted by molar-refractivity contribution is 0.249. The van der Waals surface area contributed by atoms with Gasteiger partial charge in [-0.15, -0.1) is 12.4 Å². The molecule has 4 nitrogen and oxygen atoms in total. The normalized spacial score (nSPS) is 14.5. The zero-order chi connectivity index (χ0) is 17.7. The van der Waals surface area contributed by atoms with Gasteiger partial charge in [-0.2, -0.15) is 0 Å². The number of nitrogens with zero attached hydrogens (tertiary/aromatic N) is 1. The summed E-state index contributed by atoms with van der Waals surface area (Å²) in [6.07, 6.45) is 2.87. The quantitative estimate of drug-likeness (QED) is 0.699. The smallest absolute Gasteiger partial charge is 0.242 e. The summed E-state index contributed by atoms with van der Waals surface area (Å²) in [6, 6.07) is 15.1. The van der Waals surface area contributed by atoms with Crippen molar-refractivity contribution in [3.8, 4) is 0 Å². The summed E-state index contributed by atoms with van der Waals surface area (Å²) in [5.74, 6) is 0. The fourth-order valence-electron chi connectivity index (χ4n) is 3.15. The van der Waals surface area contributed by atoms with Gasteiger partial charge in [-0.3, -0.25) is 4.90 Å². The maximum absolute atomic E-state index is 12.2. The lowest BCUT2D eigenvalue weighted by Crippen LogP contribution is -2.32. The number of rotatable bonds is 7. The molecule has 26 heavy (non-hydrogen) atoms. The van der Waals surface area contributed by atoms with Gasteiger partial charge in [-0.05, 0) is 49.1 Å². The molecular weight excluding hydrogens is 391 g/mol. The maximum atomic E-state index is 12.2. The van der Waals surface area contributed by atoms with Gasteiger partial charge >= 0.3 is 0 Å². The van der Waals surface area contributed by atoms with Gasteiger partial charge in [0.05, 0.1) is 5.02 Å². The standard InChI is InChI=1S/C19H23ClN2O2S.ClH/c20-18-9-3-4-10-19(18)25(23,24)21-12-5-6-13-22-14-11-16-7-1-2-8-17(16)15-22;/h1-4,7-10,21H,5-6,11-15H2;1H. The van der Waals surface area contributed by atoms with Gasteiger partial charge in [0.1, 0.15) is 4.90 Å². The molecule has 0 aromatic heterocycles. The Morgan fingerprint density at radius 2 is 1.69 bits per heavy atom. The predicted molar refractivity (Wildman–Crippen MR) is 109 cm³/mol. The number of benzene rings is 2. The summed E-state index contributed by atoms with van der Waals surface area (Å²) >= 11 is 5.97. The molecule has 7 heteroatoms. The Bertz CT molecular complexity index is 828. The number of hydrogen-bond donors (Lipinski definition) is 1. The number of sulfonamides is 1. The molecule has 142 valence electrons. The first-order valence-corrected chi connectivity index (χ1v) is 10.5.